The molecule has 0 spiro atoms. The van der Waals surface area contributed by atoms with Gasteiger partial charge in [0.25, 0.3) is 0 Å². The lowest BCUT2D eigenvalue weighted by atomic mass is 10.0. The van der Waals surface area contributed by atoms with Crippen molar-refractivity contribution in [1.29, 1.82) is 0 Å². The Morgan fingerprint density at radius 2 is 1.81 bits per heavy atom. The zero-order chi connectivity index (χ0) is 20.0. The van der Waals surface area contributed by atoms with Gasteiger partial charge in [0, 0.05) is 13.1 Å². The van der Waals surface area contributed by atoms with Gasteiger partial charge in [-0.3, -0.25) is 0 Å². The lowest BCUT2D eigenvalue weighted by Gasteiger charge is -2.31. The number of carboxylic acid groups (broad SMARTS) is 1. The predicted octanol–water partition coefficient (Wildman–Crippen LogP) is 2.07. The van der Waals surface area contributed by atoms with Crippen molar-refractivity contribution in [2.75, 3.05) is 13.1 Å². The number of aliphatic carboxylic acids is 1. The van der Waals surface area contributed by atoms with Gasteiger partial charge in [-0.2, -0.15) is 4.31 Å². The summed E-state index contributed by atoms with van der Waals surface area (Å²) in [6, 6.07) is 7.18. The minimum absolute atomic E-state index is 0.109. The SMILES string of the molecule is CC(C)C[C@H](NC(=O)OC1CCN(S(=O)(=O)c2ccccc2)CC1)C(=O)O. The molecular weight excluding hydrogens is 372 g/mol. The van der Waals surface area contributed by atoms with Crippen LogP contribution in [0, 0.1) is 5.92 Å². The number of carbonyl (C=O) groups excluding carboxylic acids is 1. The molecule has 1 heterocycles. The van der Waals surface area contributed by atoms with Crippen molar-refractivity contribution in [3.05, 3.63) is 30.3 Å². The van der Waals surface area contributed by atoms with Gasteiger partial charge in [0.15, 0.2) is 0 Å². The zero-order valence-corrected chi connectivity index (χ0v) is 16.3. The van der Waals surface area contributed by atoms with Crippen LogP contribution in [-0.4, -0.2) is 55.1 Å². The van der Waals surface area contributed by atoms with Crippen LogP contribution in [0.25, 0.3) is 0 Å². The molecule has 1 atom stereocenters. The summed E-state index contributed by atoms with van der Waals surface area (Å²) in [6.45, 7) is 4.21. The molecule has 0 bridgehead atoms. The van der Waals surface area contributed by atoms with Gasteiger partial charge >= 0.3 is 12.1 Å². The molecular formula is C18H26N2O6S. The molecule has 1 fully saturated rings. The van der Waals surface area contributed by atoms with Crippen molar-refractivity contribution in [2.45, 2.75) is 50.2 Å². The summed E-state index contributed by atoms with van der Waals surface area (Å²) in [5, 5.41) is 11.5. The predicted molar refractivity (Wildman–Crippen MR) is 98.7 cm³/mol. The average Bonchev–Trinajstić information content (AvgIpc) is 2.62. The molecule has 1 saturated heterocycles. The summed E-state index contributed by atoms with van der Waals surface area (Å²) in [6.07, 6.45) is -0.200. The third-order valence-electron chi connectivity index (χ3n) is 4.35. The van der Waals surface area contributed by atoms with E-state index in [-0.39, 0.29) is 23.9 Å². The fourth-order valence-corrected chi connectivity index (χ4v) is 4.44. The molecule has 2 N–H and O–H groups in total. The number of alkyl carbamates (subject to hydrolysis) is 1. The first-order chi connectivity index (χ1) is 12.7. The lowest BCUT2D eigenvalue weighted by Crippen LogP contribution is -2.45. The summed E-state index contributed by atoms with van der Waals surface area (Å²) in [5.74, 6) is -0.998. The number of amides is 1. The maximum absolute atomic E-state index is 12.6. The van der Waals surface area contributed by atoms with Gasteiger partial charge in [0.2, 0.25) is 10.0 Å². The number of piperidine rings is 1. The second-order valence-corrected chi connectivity index (χ2v) is 8.92. The van der Waals surface area contributed by atoms with E-state index in [1.54, 1.807) is 30.3 Å². The summed E-state index contributed by atoms with van der Waals surface area (Å²) in [7, 11) is -3.56. The van der Waals surface area contributed by atoms with Crippen molar-refractivity contribution in [3.8, 4) is 0 Å². The number of carbonyl (C=O) groups is 2. The topological polar surface area (TPSA) is 113 Å². The van der Waals surface area contributed by atoms with Gasteiger partial charge in [-0.25, -0.2) is 18.0 Å². The van der Waals surface area contributed by atoms with Gasteiger partial charge < -0.3 is 15.2 Å². The molecule has 0 saturated carbocycles. The van der Waals surface area contributed by atoms with Crippen LogP contribution < -0.4 is 5.32 Å². The molecule has 9 heteroatoms. The molecule has 1 aliphatic heterocycles. The Morgan fingerprint density at radius 3 is 2.33 bits per heavy atom. The van der Waals surface area contributed by atoms with Crippen LogP contribution in [-0.2, 0) is 19.6 Å². The van der Waals surface area contributed by atoms with Crippen molar-refractivity contribution in [3.63, 3.8) is 0 Å². The maximum Gasteiger partial charge on any atom is 0.408 e. The molecule has 1 aromatic carbocycles. The van der Waals surface area contributed by atoms with Crippen LogP contribution in [0.2, 0.25) is 0 Å². The summed E-state index contributed by atoms with van der Waals surface area (Å²) < 4.78 is 31.8. The molecule has 150 valence electrons. The second kappa shape index (κ2) is 9.18. The smallest absolute Gasteiger partial charge is 0.408 e. The van der Waals surface area contributed by atoms with E-state index in [9.17, 15) is 18.0 Å². The molecule has 1 aromatic rings. The van der Waals surface area contributed by atoms with Crippen molar-refractivity contribution >= 4 is 22.1 Å². The third kappa shape index (κ3) is 5.93. The zero-order valence-electron chi connectivity index (χ0n) is 15.5. The molecule has 0 unspecified atom stereocenters. The van der Waals surface area contributed by atoms with E-state index in [2.05, 4.69) is 5.32 Å². The van der Waals surface area contributed by atoms with E-state index < -0.39 is 34.2 Å². The standard InChI is InChI=1S/C18H26N2O6S/c1-13(2)12-16(17(21)22)19-18(23)26-14-8-10-20(11-9-14)27(24,25)15-6-4-3-5-7-15/h3-7,13-14,16H,8-12H2,1-2H3,(H,19,23)(H,21,22)/t16-/m0/s1. The summed E-state index contributed by atoms with van der Waals surface area (Å²) in [5.41, 5.74) is 0. The first-order valence-corrected chi connectivity index (χ1v) is 10.4. The number of hydrogen-bond acceptors (Lipinski definition) is 5. The fourth-order valence-electron chi connectivity index (χ4n) is 2.95. The molecule has 1 amide bonds. The van der Waals surface area contributed by atoms with Crippen LogP contribution >= 0.6 is 0 Å². The number of hydrogen-bond donors (Lipinski definition) is 2. The minimum Gasteiger partial charge on any atom is -0.480 e. The number of ether oxygens (including phenoxy) is 1. The van der Waals surface area contributed by atoms with Gasteiger partial charge in [0.05, 0.1) is 4.90 Å². The van der Waals surface area contributed by atoms with E-state index in [1.807, 2.05) is 13.8 Å². The Kier molecular flexibility index (Phi) is 7.20. The number of nitrogens with zero attached hydrogens (tertiary/aromatic N) is 1. The van der Waals surface area contributed by atoms with Crippen LogP contribution in [0.15, 0.2) is 35.2 Å². The van der Waals surface area contributed by atoms with Gasteiger partial charge in [-0.1, -0.05) is 32.0 Å². The van der Waals surface area contributed by atoms with Crippen molar-refractivity contribution < 1.29 is 27.9 Å². The monoisotopic (exact) mass is 398 g/mol. The average molecular weight is 398 g/mol. The van der Waals surface area contributed by atoms with Gasteiger partial charge in [0.1, 0.15) is 12.1 Å². The number of benzene rings is 1. The van der Waals surface area contributed by atoms with E-state index in [4.69, 9.17) is 9.84 Å². The van der Waals surface area contributed by atoms with Crippen LogP contribution in [0.4, 0.5) is 4.79 Å². The van der Waals surface area contributed by atoms with Crippen molar-refractivity contribution in [2.24, 2.45) is 5.92 Å². The Bertz CT molecular complexity index is 742. The number of nitrogens with one attached hydrogen (secondary N) is 1. The summed E-state index contributed by atoms with van der Waals surface area (Å²) in [4.78, 5) is 23.4. The number of carboxylic acids is 1. The highest BCUT2D eigenvalue weighted by molar-refractivity contribution is 7.89. The van der Waals surface area contributed by atoms with Gasteiger partial charge in [-0.15, -0.1) is 0 Å². The molecule has 1 aliphatic rings. The number of sulfonamides is 1. The second-order valence-electron chi connectivity index (χ2n) is 6.99. The van der Waals surface area contributed by atoms with E-state index in [1.165, 1.54) is 4.31 Å². The molecule has 0 aliphatic carbocycles. The van der Waals surface area contributed by atoms with Crippen LogP contribution in [0.5, 0.6) is 0 Å². The summed E-state index contributed by atoms with van der Waals surface area (Å²) >= 11 is 0. The molecule has 0 aromatic heterocycles. The highest BCUT2D eigenvalue weighted by Crippen LogP contribution is 2.22. The van der Waals surface area contributed by atoms with Crippen LogP contribution in [0.3, 0.4) is 0 Å². The number of rotatable bonds is 7. The molecule has 27 heavy (non-hydrogen) atoms. The van der Waals surface area contributed by atoms with Crippen LogP contribution in [0.1, 0.15) is 33.1 Å². The van der Waals surface area contributed by atoms with E-state index in [0.29, 0.717) is 19.3 Å². The van der Waals surface area contributed by atoms with E-state index >= 15 is 0 Å². The van der Waals surface area contributed by atoms with E-state index in [0.717, 1.165) is 0 Å². The first kappa shape index (κ1) is 21.2. The Hall–Kier alpha value is -2.13. The maximum atomic E-state index is 12.6. The highest BCUT2D eigenvalue weighted by Gasteiger charge is 2.31. The normalized spacial score (nSPS) is 17.4. The first-order valence-electron chi connectivity index (χ1n) is 8.95. The Morgan fingerprint density at radius 1 is 1.22 bits per heavy atom. The fraction of sp³-hybridized carbons (Fsp3) is 0.556. The lowest BCUT2D eigenvalue weighted by molar-refractivity contribution is -0.139. The quantitative estimate of drug-likeness (QED) is 0.727. The minimum atomic E-state index is -3.56. The molecule has 2 rings (SSSR count). The largest absolute Gasteiger partial charge is 0.480 e. The third-order valence-corrected chi connectivity index (χ3v) is 6.27. The Labute approximate surface area is 159 Å². The van der Waals surface area contributed by atoms with Crippen molar-refractivity contribution in [1.82, 2.24) is 9.62 Å². The van der Waals surface area contributed by atoms with Gasteiger partial charge in [-0.05, 0) is 37.3 Å². The molecule has 0 radical (unpaired) electrons. The Balaban J connectivity index is 1.87. The molecule has 8 nitrogen and oxygen atoms in total. The highest BCUT2D eigenvalue weighted by atomic mass is 32.2.